The maximum atomic E-state index is 3.32. The fourth-order valence-corrected chi connectivity index (χ4v) is 3.03. The average Bonchev–Trinajstić information content (AvgIpc) is 2.85. The van der Waals surface area contributed by atoms with Crippen LogP contribution in [0.4, 0.5) is 5.69 Å². The van der Waals surface area contributed by atoms with Gasteiger partial charge < -0.3 is 10.2 Å². The lowest BCUT2D eigenvalue weighted by molar-refractivity contribution is 0.376. The average molecular weight is 260 g/mol. The zero-order valence-corrected chi connectivity index (χ0v) is 12.9. The Bertz CT molecular complexity index is 412. The maximum absolute atomic E-state index is 3.32. The topological polar surface area (TPSA) is 15.3 Å². The van der Waals surface area contributed by atoms with E-state index >= 15 is 0 Å². The van der Waals surface area contributed by atoms with E-state index in [4.69, 9.17) is 0 Å². The third kappa shape index (κ3) is 3.50. The van der Waals surface area contributed by atoms with Crippen molar-refractivity contribution in [3.63, 3.8) is 0 Å². The first-order chi connectivity index (χ1) is 9.11. The fraction of sp³-hybridized carbons (Fsp3) is 0.647. The van der Waals surface area contributed by atoms with Gasteiger partial charge in [0.15, 0.2) is 0 Å². The van der Waals surface area contributed by atoms with Gasteiger partial charge in [0, 0.05) is 19.3 Å². The molecule has 2 nitrogen and oxygen atoms in total. The van der Waals surface area contributed by atoms with Crippen molar-refractivity contribution >= 4 is 5.69 Å². The molecule has 0 aliphatic heterocycles. The Kier molecular flexibility index (Phi) is 4.87. The van der Waals surface area contributed by atoms with Crippen molar-refractivity contribution in [3.8, 4) is 0 Å². The van der Waals surface area contributed by atoms with E-state index in [-0.39, 0.29) is 0 Å². The molecule has 106 valence electrons. The second kappa shape index (κ2) is 6.42. The summed E-state index contributed by atoms with van der Waals surface area (Å²) in [6.07, 6.45) is 3.87. The number of hydrogen-bond donors (Lipinski definition) is 1. The second-order valence-corrected chi connectivity index (χ2v) is 6.25. The van der Waals surface area contributed by atoms with Gasteiger partial charge in [-0.05, 0) is 68.0 Å². The molecule has 1 unspecified atom stereocenters. The third-order valence-electron chi connectivity index (χ3n) is 4.44. The smallest absolute Gasteiger partial charge is 0.0366 e. The molecule has 0 aromatic heterocycles. The molecule has 1 aromatic rings. The van der Waals surface area contributed by atoms with Crippen molar-refractivity contribution in [2.45, 2.75) is 33.1 Å². The molecule has 1 atom stereocenters. The van der Waals surface area contributed by atoms with Crippen molar-refractivity contribution in [1.29, 1.82) is 0 Å². The minimum atomic E-state index is 0.697. The van der Waals surface area contributed by atoms with Gasteiger partial charge >= 0.3 is 0 Å². The van der Waals surface area contributed by atoms with Gasteiger partial charge in [-0.1, -0.05) is 19.9 Å². The van der Waals surface area contributed by atoms with Crippen molar-refractivity contribution in [1.82, 2.24) is 5.32 Å². The van der Waals surface area contributed by atoms with Gasteiger partial charge in [0.1, 0.15) is 0 Å². The Morgan fingerprint density at radius 1 is 1.21 bits per heavy atom. The molecule has 19 heavy (non-hydrogen) atoms. The SMILES string of the molecule is CNCC(CN(C)c1ccc2c(c1)CCC2)C(C)C. The molecule has 1 N–H and O–H groups in total. The minimum absolute atomic E-state index is 0.697. The number of hydrogen-bond acceptors (Lipinski definition) is 2. The number of rotatable bonds is 6. The van der Waals surface area contributed by atoms with Gasteiger partial charge in [-0.3, -0.25) is 0 Å². The van der Waals surface area contributed by atoms with Crippen LogP contribution in [-0.4, -0.2) is 27.2 Å². The van der Waals surface area contributed by atoms with Crippen molar-refractivity contribution in [3.05, 3.63) is 29.3 Å². The van der Waals surface area contributed by atoms with Gasteiger partial charge in [0.05, 0.1) is 0 Å². The van der Waals surface area contributed by atoms with E-state index < -0.39 is 0 Å². The Hall–Kier alpha value is -1.02. The summed E-state index contributed by atoms with van der Waals surface area (Å²) in [4.78, 5) is 2.42. The summed E-state index contributed by atoms with van der Waals surface area (Å²) < 4.78 is 0. The molecule has 1 aliphatic carbocycles. The van der Waals surface area contributed by atoms with Crippen molar-refractivity contribution < 1.29 is 0 Å². The van der Waals surface area contributed by atoms with Crippen LogP contribution in [0.15, 0.2) is 18.2 Å². The summed E-state index contributed by atoms with van der Waals surface area (Å²) >= 11 is 0. The normalized spacial score (nSPS) is 15.6. The molecule has 0 heterocycles. The Morgan fingerprint density at radius 2 is 1.95 bits per heavy atom. The fourth-order valence-electron chi connectivity index (χ4n) is 3.03. The molecular formula is C17H28N2. The van der Waals surface area contributed by atoms with Crippen molar-refractivity contribution in [2.75, 3.05) is 32.1 Å². The van der Waals surface area contributed by atoms with E-state index in [1.54, 1.807) is 11.1 Å². The quantitative estimate of drug-likeness (QED) is 0.845. The van der Waals surface area contributed by atoms with Crippen LogP contribution in [0, 0.1) is 11.8 Å². The van der Waals surface area contributed by atoms with Crippen LogP contribution in [0.5, 0.6) is 0 Å². The van der Waals surface area contributed by atoms with E-state index in [2.05, 4.69) is 49.3 Å². The highest BCUT2D eigenvalue weighted by Crippen LogP contribution is 2.27. The number of benzene rings is 1. The lowest BCUT2D eigenvalue weighted by atomic mass is 9.95. The third-order valence-corrected chi connectivity index (χ3v) is 4.44. The minimum Gasteiger partial charge on any atom is -0.374 e. The largest absolute Gasteiger partial charge is 0.374 e. The first-order valence-corrected chi connectivity index (χ1v) is 7.59. The zero-order valence-electron chi connectivity index (χ0n) is 12.9. The molecule has 0 saturated carbocycles. The molecule has 0 radical (unpaired) electrons. The molecule has 0 spiro atoms. The highest BCUT2D eigenvalue weighted by Gasteiger charge is 2.17. The predicted molar refractivity (Wildman–Crippen MR) is 84.0 cm³/mol. The van der Waals surface area contributed by atoms with Crippen LogP contribution in [0.3, 0.4) is 0 Å². The summed E-state index contributed by atoms with van der Waals surface area (Å²) in [5, 5.41) is 3.32. The van der Waals surface area contributed by atoms with Gasteiger partial charge in [-0.15, -0.1) is 0 Å². The first kappa shape index (κ1) is 14.4. The van der Waals surface area contributed by atoms with E-state index in [0.29, 0.717) is 11.8 Å². The van der Waals surface area contributed by atoms with E-state index in [1.807, 2.05) is 7.05 Å². The number of nitrogens with one attached hydrogen (secondary N) is 1. The molecule has 2 rings (SSSR count). The van der Waals surface area contributed by atoms with Crippen molar-refractivity contribution in [2.24, 2.45) is 11.8 Å². The zero-order chi connectivity index (χ0) is 13.8. The van der Waals surface area contributed by atoms with Crippen LogP contribution in [0.1, 0.15) is 31.4 Å². The van der Waals surface area contributed by atoms with E-state index in [0.717, 1.165) is 13.1 Å². The molecule has 2 heteroatoms. The van der Waals surface area contributed by atoms with Gasteiger partial charge in [-0.25, -0.2) is 0 Å². The number of fused-ring (bicyclic) bond motifs is 1. The van der Waals surface area contributed by atoms with Gasteiger partial charge in [-0.2, -0.15) is 0 Å². The summed E-state index contributed by atoms with van der Waals surface area (Å²) in [5.41, 5.74) is 4.51. The monoisotopic (exact) mass is 260 g/mol. The first-order valence-electron chi connectivity index (χ1n) is 7.59. The highest BCUT2D eigenvalue weighted by atomic mass is 15.1. The van der Waals surface area contributed by atoms with Crippen LogP contribution in [-0.2, 0) is 12.8 Å². The summed E-state index contributed by atoms with van der Waals surface area (Å²) in [6, 6.07) is 7.02. The molecule has 1 aliphatic rings. The Labute approximate surface area is 118 Å². The predicted octanol–water partition coefficient (Wildman–Crippen LogP) is 3.10. The maximum Gasteiger partial charge on any atom is 0.0366 e. The Morgan fingerprint density at radius 3 is 2.63 bits per heavy atom. The second-order valence-electron chi connectivity index (χ2n) is 6.25. The van der Waals surface area contributed by atoms with Crippen LogP contribution >= 0.6 is 0 Å². The number of nitrogens with zero attached hydrogens (tertiary/aromatic N) is 1. The lowest BCUT2D eigenvalue weighted by Gasteiger charge is -2.28. The van der Waals surface area contributed by atoms with Crippen LogP contribution < -0.4 is 10.2 Å². The van der Waals surface area contributed by atoms with Gasteiger partial charge in [0.2, 0.25) is 0 Å². The van der Waals surface area contributed by atoms with Crippen LogP contribution in [0.2, 0.25) is 0 Å². The number of anilines is 1. The molecular weight excluding hydrogens is 232 g/mol. The highest BCUT2D eigenvalue weighted by molar-refractivity contribution is 5.51. The summed E-state index contributed by atoms with van der Waals surface area (Å²) in [5.74, 6) is 1.41. The van der Waals surface area contributed by atoms with Gasteiger partial charge in [0.25, 0.3) is 0 Å². The molecule has 1 aromatic carbocycles. The Balaban J connectivity index is 2.04. The lowest BCUT2D eigenvalue weighted by Crippen LogP contribution is -2.34. The molecule has 0 amide bonds. The summed E-state index contributed by atoms with van der Waals surface area (Å²) in [7, 11) is 4.27. The van der Waals surface area contributed by atoms with Crippen LogP contribution in [0.25, 0.3) is 0 Å². The molecule has 0 saturated heterocycles. The molecule has 0 bridgehead atoms. The van der Waals surface area contributed by atoms with E-state index in [9.17, 15) is 0 Å². The number of aryl methyl sites for hydroxylation is 2. The summed E-state index contributed by atoms with van der Waals surface area (Å²) in [6.45, 7) is 6.85. The van der Waals surface area contributed by atoms with E-state index in [1.165, 1.54) is 24.9 Å². The molecule has 0 fully saturated rings. The standard InChI is InChI=1S/C17H28N2/c1-13(2)16(11-18-3)12-19(4)17-9-8-14-6-5-7-15(14)10-17/h8-10,13,16,18H,5-7,11-12H2,1-4H3.